The Labute approximate surface area is 98.8 Å². The number of likely N-dealkylation sites (N-methyl/N-ethyl adjacent to an activating group) is 1. The van der Waals surface area contributed by atoms with Crippen LogP contribution in [0, 0.1) is 0 Å². The van der Waals surface area contributed by atoms with E-state index in [2.05, 4.69) is 23.8 Å². The van der Waals surface area contributed by atoms with Crippen LogP contribution in [0.25, 0.3) is 0 Å². The fourth-order valence-electron chi connectivity index (χ4n) is 2.97. The van der Waals surface area contributed by atoms with Crippen LogP contribution in [0.1, 0.15) is 39.0 Å². The van der Waals surface area contributed by atoms with Crippen molar-refractivity contribution >= 4 is 5.78 Å². The summed E-state index contributed by atoms with van der Waals surface area (Å²) in [4.78, 5) is 16.3. The summed E-state index contributed by atoms with van der Waals surface area (Å²) in [5.74, 6) is 0.445. The standard InChI is InChI=1S/C13H24N2O/c1-11-9-13(16)6-8-15(11)10-12-5-3-4-7-14(12)2/h11-12H,3-10H2,1-2H3. The van der Waals surface area contributed by atoms with E-state index in [0.717, 1.165) is 25.9 Å². The number of likely N-dealkylation sites (tertiary alicyclic amines) is 2. The number of rotatable bonds is 2. The Kier molecular flexibility index (Phi) is 3.98. The number of nitrogens with zero attached hydrogens (tertiary/aromatic N) is 2. The Morgan fingerprint density at radius 1 is 1.31 bits per heavy atom. The van der Waals surface area contributed by atoms with E-state index in [-0.39, 0.29) is 0 Å². The number of carbonyl (C=O) groups excluding carboxylic acids is 1. The molecule has 3 nitrogen and oxygen atoms in total. The summed E-state index contributed by atoms with van der Waals surface area (Å²) in [5, 5.41) is 0. The number of piperidine rings is 2. The highest BCUT2D eigenvalue weighted by Gasteiger charge is 2.27. The minimum atomic E-state index is 0.445. The molecule has 2 fully saturated rings. The number of hydrogen-bond donors (Lipinski definition) is 0. The third-order valence-corrected chi connectivity index (χ3v) is 4.19. The molecule has 2 aliphatic rings. The van der Waals surface area contributed by atoms with Crippen molar-refractivity contribution in [1.29, 1.82) is 0 Å². The molecule has 0 aromatic carbocycles. The van der Waals surface area contributed by atoms with Crippen molar-refractivity contribution in [2.45, 2.75) is 51.1 Å². The first kappa shape index (κ1) is 12.1. The molecule has 0 aliphatic carbocycles. The molecule has 2 unspecified atom stereocenters. The van der Waals surface area contributed by atoms with Crippen molar-refractivity contribution < 1.29 is 4.79 Å². The molecule has 0 spiro atoms. The zero-order valence-corrected chi connectivity index (χ0v) is 10.6. The average Bonchev–Trinajstić information content (AvgIpc) is 2.25. The van der Waals surface area contributed by atoms with Gasteiger partial charge in [-0.3, -0.25) is 9.69 Å². The van der Waals surface area contributed by atoms with Gasteiger partial charge in [-0.1, -0.05) is 6.42 Å². The first-order valence-electron chi connectivity index (χ1n) is 6.63. The monoisotopic (exact) mass is 224 g/mol. The topological polar surface area (TPSA) is 23.6 Å². The van der Waals surface area contributed by atoms with Gasteiger partial charge < -0.3 is 4.90 Å². The van der Waals surface area contributed by atoms with Gasteiger partial charge in [0.25, 0.3) is 0 Å². The van der Waals surface area contributed by atoms with Crippen LogP contribution in [0.4, 0.5) is 0 Å². The number of carbonyl (C=O) groups is 1. The van der Waals surface area contributed by atoms with Crippen LogP contribution >= 0.6 is 0 Å². The van der Waals surface area contributed by atoms with Crippen LogP contribution in [0.15, 0.2) is 0 Å². The van der Waals surface area contributed by atoms with Crippen molar-refractivity contribution in [3.63, 3.8) is 0 Å². The van der Waals surface area contributed by atoms with Crippen molar-refractivity contribution in [2.75, 3.05) is 26.7 Å². The molecule has 0 saturated carbocycles. The van der Waals surface area contributed by atoms with Gasteiger partial charge in [0, 0.05) is 38.0 Å². The summed E-state index contributed by atoms with van der Waals surface area (Å²) < 4.78 is 0. The fourth-order valence-corrected chi connectivity index (χ4v) is 2.97. The predicted octanol–water partition coefficient (Wildman–Crippen LogP) is 1.52. The third-order valence-electron chi connectivity index (χ3n) is 4.19. The van der Waals surface area contributed by atoms with Crippen molar-refractivity contribution in [2.24, 2.45) is 0 Å². The highest BCUT2D eigenvalue weighted by Crippen LogP contribution is 2.20. The van der Waals surface area contributed by atoms with Crippen molar-refractivity contribution in [3.8, 4) is 0 Å². The van der Waals surface area contributed by atoms with Crippen molar-refractivity contribution in [1.82, 2.24) is 9.80 Å². The van der Waals surface area contributed by atoms with E-state index >= 15 is 0 Å². The second kappa shape index (κ2) is 5.28. The summed E-state index contributed by atoms with van der Waals surface area (Å²) in [6, 6.07) is 1.17. The molecule has 2 rings (SSSR count). The van der Waals surface area contributed by atoms with E-state index in [4.69, 9.17) is 0 Å². The van der Waals surface area contributed by atoms with Crippen LogP contribution < -0.4 is 0 Å². The number of Topliss-reactive ketones (excluding diaryl/α,β-unsaturated/α-hetero) is 1. The number of hydrogen-bond acceptors (Lipinski definition) is 3. The maximum Gasteiger partial charge on any atom is 0.135 e. The molecule has 92 valence electrons. The average molecular weight is 224 g/mol. The van der Waals surface area contributed by atoms with Crippen LogP contribution in [-0.4, -0.2) is 54.3 Å². The van der Waals surface area contributed by atoms with Gasteiger partial charge in [-0.05, 0) is 33.4 Å². The highest BCUT2D eigenvalue weighted by atomic mass is 16.1. The molecule has 16 heavy (non-hydrogen) atoms. The second-order valence-corrected chi connectivity index (χ2v) is 5.47. The molecule has 2 saturated heterocycles. The van der Waals surface area contributed by atoms with Gasteiger partial charge in [0.2, 0.25) is 0 Å². The highest BCUT2D eigenvalue weighted by molar-refractivity contribution is 5.79. The maximum atomic E-state index is 11.3. The van der Waals surface area contributed by atoms with E-state index in [9.17, 15) is 4.79 Å². The van der Waals surface area contributed by atoms with E-state index < -0.39 is 0 Å². The van der Waals surface area contributed by atoms with E-state index in [1.165, 1.54) is 25.8 Å². The van der Waals surface area contributed by atoms with Gasteiger partial charge in [0.05, 0.1) is 0 Å². The van der Waals surface area contributed by atoms with Gasteiger partial charge in [-0.25, -0.2) is 0 Å². The zero-order valence-electron chi connectivity index (χ0n) is 10.6. The Bertz CT molecular complexity index is 254. The molecule has 0 bridgehead atoms. The van der Waals surface area contributed by atoms with E-state index in [0.29, 0.717) is 17.9 Å². The van der Waals surface area contributed by atoms with Crippen molar-refractivity contribution in [3.05, 3.63) is 0 Å². The molecule has 0 amide bonds. The van der Waals surface area contributed by atoms with Gasteiger partial charge in [0.1, 0.15) is 5.78 Å². The van der Waals surface area contributed by atoms with Crippen LogP contribution in [0.2, 0.25) is 0 Å². The lowest BCUT2D eigenvalue weighted by molar-refractivity contribution is -0.123. The van der Waals surface area contributed by atoms with Crippen LogP contribution in [-0.2, 0) is 4.79 Å². The molecule has 3 heteroatoms. The molecule has 2 aliphatic heterocycles. The molecular weight excluding hydrogens is 200 g/mol. The lowest BCUT2D eigenvalue weighted by Gasteiger charge is -2.40. The Morgan fingerprint density at radius 2 is 2.12 bits per heavy atom. The van der Waals surface area contributed by atoms with Gasteiger partial charge in [0.15, 0.2) is 0 Å². The zero-order chi connectivity index (χ0) is 11.5. The second-order valence-electron chi connectivity index (χ2n) is 5.47. The molecule has 0 aromatic rings. The SMILES string of the molecule is CC1CC(=O)CCN1CC1CCCCN1C. The van der Waals surface area contributed by atoms with Gasteiger partial charge in [-0.2, -0.15) is 0 Å². The van der Waals surface area contributed by atoms with Crippen LogP contribution in [0.5, 0.6) is 0 Å². The first-order valence-corrected chi connectivity index (χ1v) is 6.63. The minimum Gasteiger partial charge on any atom is -0.302 e. The van der Waals surface area contributed by atoms with Gasteiger partial charge in [-0.15, -0.1) is 0 Å². The number of ketones is 1. The summed E-state index contributed by atoms with van der Waals surface area (Å²) >= 11 is 0. The summed E-state index contributed by atoms with van der Waals surface area (Å²) in [6.45, 7) is 5.57. The molecule has 2 atom stereocenters. The quantitative estimate of drug-likeness (QED) is 0.710. The first-order chi connectivity index (χ1) is 7.66. The lowest BCUT2D eigenvalue weighted by atomic mass is 9.98. The lowest BCUT2D eigenvalue weighted by Crippen LogP contribution is -2.50. The molecule has 0 aromatic heterocycles. The third kappa shape index (κ3) is 2.83. The Morgan fingerprint density at radius 3 is 2.81 bits per heavy atom. The summed E-state index contributed by atoms with van der Waals surface area (Å²) in [5.41, 5.74) is 0. The summed E-state index contributed by atoms with van der Waals surface area (Å²) in [7, 11) is 2.24. The minimum absolute atomic E-state index is 0.445. The normalized spacial score (nSPS) is 34.2. The molecular formula is C13H24N2O. The fraction of sp³-hybridized carbons (Fsp3) is 0.923. The Hall–Kier alpha value is -0.410. The van der Waals surface area contributed by atoms with Gasteiger partial charge >= 0.3 is 0 Å². The smallest absolute Gasteiger partial charge is 0.135 e. The molecule has 0 N–H and O–H groups in total. The van der Waals surface area contributed by atoms with E-state index in [1.807, 2.05) is 0 Å². The largest absolute Gasteiger partial charge is 0.302 e. The van der Waals surface area contributed by atoms with E-state index in [1.54, 1.807) is 0 Å². The van der Waals surface area contributed by atoms with Crippen LogP contribution in [0.3, 0.4) is 0 Å². The predicted molar refractivity (Wildman–Crippen MR) is 65.5 cm³/mol. The maximum absolute atomic E-state index is 11.3. The molecule has 0 radical (unpaired) electrons. The Balaban J connectivity index is 1.86. The summed E-state index contributed by atoms with van der Waals surface area (Å²) in [6.07, 6.45) is 5.57. The molecule has 2 heterocycles.